The van der Waals surface area contributed by atoms with Crippen LogP contribution in [0.4, 0.5) is 0 Å². The van der Waals surface area contributed by atoms with Gasteiger partial charge in [-0.3, -0.25) is 19.4 Å². The number of rotatable bonds is 6. The molecule has 0 radical (unpaired) electrons. The van der Waals surface area contributed by atoms with Gasteiger partial charge in [-0.05, 0) is 29.7 Å². The van der Waals surface area contributed by atoms with Crippen molar-refractivity contribution in [1.82, 2.24) is 25.0 Å². The van der Waals surface area contributed by atoms with Crippen molar-refractivity contribution >= 4 is 11.8 Å². The number of amides is 2. The van der Waals surface area contributed by atoms with E-state index in [-0.39, 0.29) is 29.6 Å². The summed E-state index contributed by atoms with van der Waals surface area (Å²) in [4.78, 5) is 45.4. The zero-order valence-electron chi connectivity index (χ0n) is 18.2. The number of carbonyl (C=O) groups excluding carboxylic acids is 2. The molecule has 2 aromatic heterocycles. The van der Waals surface area contributed by atoms with Crippen molar-refractivity contribution < 1.29 is 9.59 Å². The Morgan fingerprint density at radius 1 is 1.12 bits per heavy atom. The fourth-order valence-electron chi connectivity index (χ4n) is 4.11. The standard InChI is InChI=1S/C25H25N5O3/c1-2-12-29-13-14-30(25(33)22-9-10-23(31)28-27-22)17-20(24(29)32)15-18-6-3-4-8-21(18)19-7-5-11-26-16-19/h2-11,16,20H,1,12-15,17H2,(H,28,31)/t20-/m0/s1. The van der Waals surface area contributed by atoms with E-state index in [1.807, 2.05) is 36.4 Å². The van der Waals surface area contributed by atoms with Gasteiger partial charge in [0.25, 0.3) is 11.5 Å². The number of hydrogen-bond acceptors (Lipinski definition) is 5. The summed E-state index contributed by atoms with van der Waals surface area (Å²) in [7, 11) is 0. The number of benzene rings is 1. The van der Waals surface area contributed by atoms with Gasteiger partial charge < -0.3 is 9.80 Å². The molecule has 1 aliphatic rings. The van der Waals surface area contributed by atoms with Crippen molar-refractivity contribution in [2.24, 2.45) is 5.92 Å². The zero-order valence-corrected chi connectivity index (χ0v) is 18.2. The lowest BCUT2D eigenvalue weighted by atomic mass is 9.91. The third kappa shape index (κ3) is 5.06. The number of H-pyrrole nitrogens is 1. The lowest BCUT2D eigenvalue weighted by molar-refractivity contribution is -0.134. The fourth-order valence-corrected chi connectivity index (χ4v) is 4.11. The van der Waals surface area contributed by atoms with Crippen molar-refractivity contribution in [2.75, 3.05) is 26.2 Å². The maximum Gasteiger partial charge on any atom is 0.274 e. The number of nitrogens with one attached hydrogen (secondary N) is 1. The molecule has 33 heavy (non-hydrogen) atoms. The van der Waals surface area contributed by atoms with Crippen molar-refractivity contribution in [1.29, 1.82) is 0 Å². The van der Waals surface area contributed by atoms with Crippen molar-refractivity contribution in [3.8, 4) is 11.1 Å². The third-order valence-corrected chi connectivity index (χ3v) is 5.73. The molecule has 1 atom stereocenters. The molecule has 1 aromatic carbocycles. The van der Waals surface area contributed by atoms with E-state index in [1.54, 1.807) is 28.3 Å². The van der Waals surface area contributed by atoms with E-state index in [0.29, 0.717) is 26.1 Å². The summed E-state index contributed by atoms with van der Waals surface area (Å²) in [6, 6.07) is 14.5. The highest BCUT2D eigenvalue weighted by Gasteiger charge is 2.33. The highest BCUT2D eigenvalue weighted by Crippen LogP contribution is 2.27. The molecule has 0 aliphatic carbocycles. The molecule has 4 rings (SSSR count). The molecule has 3 heterocycles. The van der Waals surface area contributed by atoms with Crippen LogP contribution in [0.2, 0.25) is 0 Å². The Morgan fingerprint density at radius 3 is 2.70 bits per heavy atom. The first-order valence-electron chi connectivity index (χ1n) is 10.8. The van der Waals surface area contributed by atoms with E-state index in [1.165, 1.54) is 12.1 Å². The molecule has 1 fully saturated rings. The van der Waals surface area contributed by atoms with Crippen molar-refractivity contribution in [3.63, 3.8) is 0 Å². The smallest absolute Gasteiger partial charge is 0.274 e. The van der Waals surface area contributed by atoms with Gasteiger partial charge >= 0.3 is 0 Å². The molecule has 0 spiro atoms. The molecule has 8 heteroatoms. The van der Waals surface area contributed by atoms with Crippen molar-refractivity contribution in [2.45, 2.75) is 6.42 Å². The summed E-state index contributed by atoms with van der Waals surface area (Å²) in [6.45, 7) is 5.22. The van der Waals surface area contributed by atoms with Gasteiger partial charge in [0.2, 0.25) is 5.91 Å². The van der Waals surface area contributed by atoms with Gasteiger partial charge in [-0.2, -0.15) is 5.10 Å². The molecule has 0 unspecified atom stereocenters. The van der Waals surface area contributed by atoms with Crippen LogP contribution >= 0.6 is 0 Å². The van der Waals surface area contributed by atoms with E-state index < -0.39 is 5.92 Å². The van der Waals surface area contributed by atoms with Crippen LogP contribution in [0.3, 0.4) is 0 Å². The first kappa shape index (κ1) is 22.1. The van der Waals surface area contributed by atoms with E-state index in [4.69, 9.17) is 0 Å². The molecule has 1 aliphatic heterocycles. The first-order chi connectivity index (χ1) is 16.1. The molecule has 0 saturated carbocycles. The molecule has 1 saturated heterocycles. The Bertz CT molecular complexity index is 1190. The number of aromatic amines is 1. The number of carbonyl (C=O) groups is 2. The molecule has 168 valence electrons. The maximum atomic E-state index is 13.4. The highest BCUT2D eigenvalue weighted by molar-refractivity contribution is 5.93. The lowest BCUT2D eigenvalue weighted by Gasteiger charge is -2.24. The van der Waals surface area contributed by atoms with Crippen LogP contribution in [0.5, 0.6) is 0 Å². The average molecular weight is 444 g/mol. The summed E-state index contributed by atoms with van der Waals surface area (Å²) >= 11 is 0. The first-order valence-corrected chi connectivity index (χ1v) is 10.8. The molecule has 8 nitrogen and oxygen atoms in total. The minimum atomic E-state index is -0.433. The largest absolute Gasteiger partial charge is 0.337 e. The van der Waals surface area contributed by atoms with Crippen LogP contribution in [0.25, 0.3) is 11.1 Å². The molecule has 2 amide bonds. The van der Waals surface area contributed by atoms with Crippen LogP contribution in [-0.2, 0) is 11.2 Å². The number of nitrogens with zero attached hydrogens (tertiary/aromatic N) is 4. The monoisotopic (exact) mass is 443 g/mol. The third-order valence-electron chi connectivity index (χ3n) is 5.73. The van der Waals surface area contributed by atoms with Gasteiger partial charge in [0, 0.05) is 50.2 Å². The lowest BCUT2D eigenvalue weighted by Crippen LogP contribution is -2.38. The second-order valence-corrected chi connectivity index (χ2v) is 7.93. The summed E-state index contributed by atoms with van der Waals surface area (Å²) in [5.41, 5.74) is 2.77. The van der Waals surface area contributed by atoms with Gasteiger partial charge in [0.1, 0.15) is 5.69 Å². The highest BCUT2D eigenvalue weighted by atomic mass is 16.2. The average Bonchev–Trinajstić information content (AvgIpc) is 2.99. The van der Waals surface area contributed by atoms with Gasteiger partial charge in [-0.25, -0.2) is 5.10 Å². The van der Waals surface area contributed by atoms with Gasteiger partial charge in [0.15, 0.2) is 0 Å². The van der Waals surface area contributed by atoms with E-state index in [0.717, 1.165) is 16.7 Å². The second-order valence-electron chi connectivity index (χ2n) is 7.93. The number of aromatic nitrogens is 3. The van der Waals surface area contributed by atoms with Crippen molar-refractivity contribution in [3.05, 3.63) is 95.2 Å². The minimum Gasteiger partial charge on any atom is -0.337 e. The summed E-state index contributed by atoms with van der Waals surface area (Å²) in [6.07, 6.45) is 5.69. The molecule has 0 bridgehead atoms. The second kappa shape index (κ2) is 10.0. The summed E-state index contributed by atoms with van der Waals surface area (Å²) in [5.74, 6) is -0.761. The summed E-state index contributed by atoms with van der Waals surface area (Å²) < 4.78 is 0. The number of pyridine rings is 1. The Labute approximate surface area is 191 Å². The Hall–Kier alpha value is -4.07. The molecule has 3 aromatic rings. The molecular weight excluding hydrogens is 418 g/mol. The predicted molar refractivity (Wildman–Crippen MR) is 124 cm³/mol. The van der Waals surface area contributed by atoms with Crippen LogP contribution in [-0.4, -0.2) is 63.0 Å². The summed E-state index contributed by atoms with van der Waals surface area (Å²) in [5, 5.41) is 6.17. The molecule has 1 N–H and O–H groups in total. The SMILES string of the molecule is C=CCN1CCN(C(=O)c2ccc(=O)[nH]n2)C[C@H](Cc2ccccc2-c2cccnc2)C1=O. The van der Waals surface area contributed by atoms with Gasteiger partial charge in [0.05, 0.1) is 5.92 Å². The number of hydrogen-bond donors (Lipinski definition) is 1. The zero-order chi connectivity index (χ0) is 23.2. The van der Waals surface area contributed by atoms with Crippen LogP contribution in [0, 0.1) is 5.92 Å². The predicted octanol–water partition coefficient (Wildman–Crippen LogP) is 2.16. The normalized spacial score (nSPS) is 16.4. The van der Waals surface area contributed by atoms with Crippen LogP contribution in [0.1, 0.15) is 16.1 Å². The Balaban J connectivity index is 1.64. The van der Waals surface area contributed by atoms with Crippen LogP contribution < -0.4 is 5.56 Å². The van der Waals surface area contributed by atoms with E-state index in [2.05, 4.69) is 21.8 Å². The topological polar surface area (TPSA) is 99.3 Å². The Morgan fingerprint density at radius 2 is 1.97 bits per heavy atom. The Kier molecular flexibility index (Phi) is 6.73. The fraction of sp³-hybridized carbons (Fsp3) is 0.240. The van der Waals surface area contributed by atoms with Gasteiger partial charge in [-0.1, -0.05) is 36.4 Å². The van der Waals surface area contributed by atoms with Crippen LogP contribution in [0.15, 0.2) is 78.4 Å². The quantitative estimate of drug-likeness (QED) is 0.589. The maximum absolute atomic E-state index is 13.4. The van der Waals surface area contributed by atoms with E-state index >= 15 is 0 Å². The van der Waals surface area contributed by atoms with Gasteiger partial charge in [-0.15, -0.1) is 6.58 Å². The van der Waals surface area contributed by atoms with E-state index in [9.17, 15) is 14.4 Å². The molecular formula is C25H25N5O3. The minimum absolute atomic E-state index is 0.0133.